The van der Waals surface area contributed by atoms with Crippen molar-refractivity contribution in [3.8, 4) is 11.3 Å². The Morgan fingerprint density at radius 2 is 1.92 bits per heavy atom. The standard InChI is InChI=1S/C18H20N4O3/c1-11-6-13-4-3-5-14-8-17(25)22(9-16(24)20-19-10-23)21-18(14)15(13)7-12(11)2/h6-8,10H,3-5,9H2,1-2H3,(H,19,23)(H,20,24). The van der Waals surface area contributed by atoms with E-state index in [1.165, 1.54) is 16.7 Å². The van der Waals surface area contributed by atoms with Gasteiger partial charge in [-0.25, -0.2) is 4.68 Å². The molecule has 0 spiro atoms. The van der Waals surface area contributed by atoms with Crippen LogP contribution >= 0.6 is 0 Å². The molecule has 130 valence electrons. The number of rotatable bonds is 4. The lowest BCUT2D eigenvalue weighted by Gasteiger charge is -2.13. The second kappa shape index (κ2) is 6.88. The molecular formula is C18H20N4O3. The van der Waals surface area contributed by atoms with Crippen molar-refractivity contribution in [2.45, 2.75) is 39.7 Å². The van der Waals surface area contributed by atoms with Crippen LogP contribution in [0.1, 0.15) is 28.7 Å². The lowest BCUT2D eigenvalue weighted by molar-refractivity contribution is -0.125. The van der Waals surface area contributed by atoms with E-state index in [1.807, 2.05) is 0 Å². The first-order chi connectivity index (χ1) is 12.0. The van der Waals surface area contributed by atoms with Gasteiger partial charge in [-0.3, -0.25) is 25.2 Å². The third-order valence-corrected chi connectivity index (χ3v) is 4.51. The normalized spacial score (nSPS) is 12.6. The maximum Gasteiger partial charge on any atom is 0.267 e. The van der Waals surface area contributed by atoms with Crippen LogP contribution in [0.2, 0.25) is 0 Å². The number of benzene rings is 1. The van der Waals surface area contributed by atoms with Gasteiger partial charge in [0.1, 0.15) is 6.54 Å². The Hall–Kier alpha value is -2.96. The molecule has 0 unspecified atom stereocenters. The molecule has 1 aliphatic carbocycles. The van der Waals surface area contributed by atoms with E-state index in [9.17, 15) is 14.4 Å². The molecule has 7 heteroatoms. The van der Waals surface area contributed by atoms with Gasteiger partial charge in [0.15, 0.2) is 0 Å². The molecule has 2 amide bonds. The molecule has 0 radical (unpaired) electrons. The van der Waals surface area contributed by atoms with Crippen molar-refractivity contribution in [2.24, 2.45) is 0 Å². The number of fused-ring (bicyclic) bond motifs is 3. The van der Waals surface area contributed by atoms with Gasteiger partial charge in [0, 0.05) is 11.6 Å². The van der Waals surface area contributed by atoms with Crippen molar-refractivity contribution in [3.63, 3.8) is 0 Å². The zero-order valence-electron chi connectivity index (χ0n) is 14.3. The summed E-state index contributed by atoms with van der Waals surface area (Å²) in [5, 5.41) is 4.46. The summed E-state index contributed by atoms with van der Waals surface area (Å²) in [6, 6.07) is 5.84. The second-order valence-corrected chi connectivity index (χ2v) is 6.27. The number of nitrogens with zero attached hydrogens (tertiary/aromatic N) is 2. The minimum atomic E-state index is -0.518. The van der Waals surface area contributed by atoms with Gasteiger partial charge in [0.2, 0.25) is 6.41 Å². The minimum Gasteiger partial charge on any atom is -0.277 e. The fraction of sp³-hybridized carbons (Fsp3) is 0.333. The van der Waals surface area contributed by atoms with Crippen LogP contribution < -0.4 is 16.4 Å². The Kier molecular flexibility index (Phi) is 4.65. The number of carbonyl (C=O) groups excluding carboxylic acids is 2. The molecule has 1 heterocycles. The van der Waals surface area contributed by atoms with Crippen LogP contribution in [0.25, 0.3) is 11.3 Å². The Morgan fingerprint density at radius 3 is 2.68 bits per heavy atom. The summed E-state index contributed by atoms with van der Waals surface area (Å²) in [4.78, 5) is 34.3. The molecule has 1 aliphatic rings. The predicted octanol–water partition coefficient (Wildman–Crippen LogP) is 0.793. The van der Waals surface area contributed by atoms with Crippen molar-refractivity contribution in [1.29, 1.82) is 0 Å². The molecule has 3 rings (SSSR count). The Balaban J connectivity index is 2.06. The van der Waals surface area contributed by atoms with Crippen molar-refractivity contribution in [1.82, 2.24) is 20.6 Å². The highest BCUT2D eigenvalue weighted by atomic mass is 16.2. The Bertz CT molecular complexity index is 902. The van der Waals surface area contributed by atoms with Gasteiger partial charge in [0.05, 0.1) is 5.69 Å². The van der Waals surface area contributed by atoms with Crippen molar-refractivity contribution >= 4 is 12.3 Å². The van der Waals surface area contributed by atoms with Crippen LogP contribution in [0.5, 0.6) is 0 Å². The molecule has 0 saturated heterocycles. The van der Waals surface area contributed by atoms with Crippen molar-refractivity contribution < 1.29 is 9.59 Å². The van der Waals surface area contributed by atoms with Crippen molar-refractivity contribution in [3.05, 3.63) is 50.8 Å². The highest BCUT2D eigenvalue weighted by Gasteiger charge is 2.19. The fourth-order valence-corrected chi connectivity index (χ4v) is 3.11. The van der Waals surface area contributed by atoms with Gasteiger partial charge >= 0.3 is 0 Å². The molecule has 25 heavy (non-hydrogen) atoms. The molecule has 7 nitrogen and oxygen atoms in total. The fourth-order valence-electron chi connectivity index (χ4n) is 3.11. The van der Waals surface area contributed by atoms with Crippen LogP contribution in [0.4, 0.5) is 0 Å². The monoisotopic (exact) mass is 340 g/mol. The molecule has 0 fully saturated rings. The summed E-state index contributed by atoms with van der Waals surface area (Å²) in [6.45, 7) is 3.88. The quantitative estimate of drug-likeness (QED) is 0.636. The van der Waals surface area contributed by atoms with Gasteiger partial charge in [-0.15, -0.1) is 0 Å². The van der Waals surface area contributed by atoms with Gasteiger partial charge in [-0.2, -0.15) is 5.10 Å². The summed E-state index contributed by atoms with van der Waals surface area (Å²) in [7, 11) is 0. The first kappa shape index (κ1) is 16.9. The largest absolute Gasteiger partial charge is 0.277 e. The average Bonchev–Trinajstić information content (AvgIpc) is 2.73. The number of hydrazine groups is 1. The number of hydrogen-bond acceptors (Lipinski definition) is 4. The van der Waals surface area contributed by atoms with E-state index in [-0.39, 0.29) is 12.1 Å². The molecule has 0 bridgehead atoms. The maximum atomic E-state index is 12.3. The minimum absolute atomic E-state index is 0.257. The van der Waals surface area contributed by atoms with E-state index >= 15 is 0 Å². The van der Waals surface area contributed by atoms with E-state index in [0.717, 1.165) is 40.8 Å². The highest BCUT2D eigenvalue weighted by Crippen LogP contribution is 2.32. The van der Waals surface area contributed by atoms with Crippen LogP contribution in [-0.4, -0.2) is 22.1 Å². The van der Waals surface area contributed by atoms with Gasteiger partial charge in [-0.05, 0) is 61.4 Å². The number of carbonyl (C=O) groups is 2. The van der Waals surface area contributed by atoms with E-state index in [0.29, 0.717) is 6.41 Å². The molecule has 1 aromatic heterocycles. The number of hydrogen-bond donors (Lipinski definition) is 2. The Morgan fingerprint density at radius 1 is 1.20 bits per heavy atom. The Labute approximate surface area is 145 Å². The third-order valence-electron chi connectivity index (χ3n) is 4.51. The van der Waals surface area contributed by atoms with Crippen LogP contribution in [0.15, 0.2) is 23.0 Å². The topological polar surface area (TPSA) is 93.1 Å². The van der Waals surface area contributed by atoms with E-state index in [4.69, 9.17) is 0 Å². The molecular weight excluding hydrogens is 320 g/mol. The van der Waals surface area contributed by atoms with Gasteiger partial charge in [0.25, 0.3) is 11.5 Å². The van der Waals surface area contributed by atoms with Crippen molar-refractivity contribution in [2.75, 3.05) is 0 Å². The number of aromatic nitrogens is 2. The third kappa shape index (κ3) is 3.45. The van der Waals surface area contributed by atoms with E-state index in [1.54, 1.807) is 6.07 Å². The molecule has 1 aromatic carbocycles. The zero-order valence-corrected chi connectivity index (χ0v) is 14.3. The first-order valence-corrected chi connectivity index (χ1v) is 8.19. The maximum absolute atomic E-state index is 12.3. The second-order valence-electron chi connectivity index (χ2n) is 6.27. The molecule has 0 saturated carbocycles. The number of nitrogens with one attached hydrogen (secondary N) is 2. The smallest absolute Gasteiger partial charge is 0.267 e. The summed E-state index contributed by atoms with van der Waals surface area (Å²) in [5.41, 5.74) is 10.2. The average molecular weight is 340 g/mol. The van der Waals surface area contributed by atoms with Gasteiger partial charge < -0.3 is 0 Å². The van der Waals surface area contributed by atoms with Crippen LogP contribution in [0.3, 0.4) is 0 Å². The van der Waals surface area contributed by atoms with Crippen LogP contribution in [0, 0.1) is 13.8 Å². The molecule has 0 aliphatic heterocycles. The lowest BCUT2D eigenvalue weighted by atomic mass is 9.96. The highest BCUT2D eigenvalue weighted by molar-refractivity contribution is 5.76. The van der Waals surface area contributed by atoms with Crippen LogP contribution in [-0.2, 0) is 29.0 Å². The molecule has 0 atom stereocenters. The van der Waals surface area contributed by atoms with E-state index < -0.39 is 5.91 Å². The predicted molar refractivity (Wildman–Crippen MR) is 92.8 cm³/mol. The SMILES string of the molecule is Cc1cc2c(cc1C)-c1nn(CC(=O)NNC=O)c(=O)cc1CCC2. The number of aryl methyl sites for hydroxylation is 4. The number of amides is 2. The summed E-state index contributed by atoms with van der Waals surface area (Å²) in [5.74, 6) is -0.518. The van der Waals surface area contributed by atoms with Gasteiger partial charge in [-0.1, -0.05) is 6.07 Å². The summed E-state index contributed by atoms with van der Waals surface area (Å²) >= 11 is 0. The molecule has 2 N–H and O–H groups in total. The zero-order chi connectivity index (χ0) is 18.0. The summed E-state index contributed by atoms with van der Waals surface area (Å²) in [6.07, 6.45) is 3.03. The molecule has 2 aromatic rings. The summed E-state index contributed by atoms with van der Waals surface area (Å²) < 4.78 is 1.13. The lowest BCUT2D eigenvalue weighted by Crippen LogP contribution is -2.40. The van der Waals surface area contributed by atoms with E-state index in [2.05, 4.69) is 41.9 Å². The first-order valence-electron chi connectivity index (χ1n) is 8.19.